The number of nitrogens with one attached hydrogen (secondary N) is 1. The van der Waals surface area contributed by atoms with Crippen LogP contribution in [-0.2, 0) is 11.3 Å². The number of nitrogens with two attached hydrogens (primary N) is 1. The molecule has 0 bridgehead atoms. The monoisotopic (exact) mass is 634 g/mol. The molecule has 4 heterocycles. The molecule has 1 saturated heterocycles. The summed E-state index contributed by atoms with van der Waals surface area (Å²) in [5, 5.41) is 14.3. The van der Waals surface area contributed by atoms with E-state index < -0.39 is 0 Å². The molecule has 3 aromatic heterocycles. The number of likely N-dealkylation sites (N-methyl/N-ethyl adjacent to an activating group) is 1. The van der Waals surface area contributed by atoms with Crippen molar-refractivity contribution < 1.29 is 4.79 Å². The fourth-order valence-electron chi connectivity index (χ4n) is 6.17. The second-order valence-corrected chi connectivity index (χ2v) is 13.2. The van der Waals surface area contributed by atoms with Crippen LogP contribution in [-0.4, -0.2) is 79.8 Å². The van der Waals surface area contributed by atoms with Gasteiger partial charge in [0, 0.05) is 55.8 Å². The Morgan fingerprint density at radius 1 is 1.06 bits per heavy atom. The molecule has 1 aliphatic rings. The summed E-state index contributed by atoms with van der Waals surface area (Å²) in [6.07, 6.45) is 9.85. The molecule has 11 nitrogen and oxygen atoms in total. The number of aromatic nitrogens is 6. The average Bonchev–Trinajstić information content (AvgIpc) is 3.69. The highest BCUT2D eigenvalue weighted by atomic mass is 16.1. The quantitative estimate of drug-likeness (QED) is 0.176. The van der Waals surface area contributed by atoms with Gasteiger partial charge in [-0.1, -0.05) is 63.2 Å². The molecule has 3 N–H and O–H groups in total. The van der Waals surface area contributed by atoms with Crippen molar-refractivity contribution in [3.05, 3.63) is 83.7 Å². The summed E-state index contributed by atoms with van der Waals surface area (Å²) in [7, 11) is 3.98. The Morgan fingerprint density at radius 2 is 1.85 bits per heavy atom. The number of piperidine rings is 1. The van der Waals surface area contributed by atoms with Crippen molar-refractivity contribution in [2.24, 2.45) is 5.73 Å². The molecule has 2 aromatic carbocycles. The summed E-state index contributed by atoms with van der Waals surface area (Å²) >= 11 is 0. The Kier molecular flexibility index (Phi) is 9.65. The number of anilines is 2. The lowest BCUT2D eigenvalue weighted by molar-refractivity contribution is -0.114. The Labute approximate surface area is 276 Å². The molecule has 0 aliphatic carbocycles. The molecule has 246 valence electrons. The molecule has 0 spiro atoms. The van der Waals surface area contributed by atoms with Crippen LogP contribution in [0.4, 0.5) is 11.9 Å². The van der Waals surface area contributed by atoms with E-state index in [1.54, 1.807) is 6.08 Å². The van der Waals surface area contributed by atoms with Crippen LogP contribution in [0.1, 0.15) is 68.6 Å². The van der Waals surface area contributed by atoms with Crippen molar-refractivity contribution >= 4 is 34.2 Å². The molecule has 1 atom stereocenters. The molecule has 6 rings (SSSR count). The second kappa shape index (κ2) is 14.0. The average molecular weight is 635 g/mol. The fourth-order valence-corrected chi connectivity index (χ4v) is 6.17. The smallest absolute Gasteiger partial charge is 0.230 e. The van der Waals surface area contributed by atoms with E-state index in [4.69, 9.17) is 20.8 Å². The predicted molar refractivity (Wildman–Crippen MR) is 188 cm³/mol. The van der Waals surface area contributed by atoms with E-state index in [0.717, 1.165) is 71.4 Å². The molecule has 47 heavy (non-hydrogen) atoms. The summed E-state index contributed by atoms with van der Waals surface area (Å²) in [5.41, 5.74) is 12.1. The lowest BCUT2D eigenvalue weighted by atomic mass is 9.94. The highest BCUT2D eigenvalue weighted by molar-refractivity contribution is 5.91. The number of para-hydroxylation sites is 1. The van der Waals surface area contributed by atoms with E-state index in [-0.39, 0.29) is 23.7 Å². The van der Waals surface area contributed by atoms with E-state index in [0.29, 0.717) is 24.9 Å². The molecular formula is C36H46N10O. The first-order chi connectivity index (χ1) is 22.7. The van der Waals surface area contributed by atoms with Crippen molar-refractivity contribution in [2.75, 3.05) is 43.9 Å². The number of hydrogen-bond donors (Lipinski definition) is 2. The minimum atomic E-state index is 0.0327. The van der Waals surface area contributed by atoms with Crippen LogP contribution in [0.2, 0.25) is 0 Å². The van der Waals surface area contributed by atoms with Gasteiger partial charge in [0.2, 0.25) is 11.9 Å². The molecule has 0 radical (unpaired) electrons. The summed E-state index contributed by atoms with van der Waals surface area (Å²) in [6.45, 7) is 9.33. The van der Waals surface area contributed by atoms with Crippen molar-refractivity contribution in [1.82, 2.24) is 34.3 Å². The maximum Gasteiger partial charge on any atom is 0.230 e. The van der Waals surface area contributed by atoms with E-state index >= 15 is 0 Å². The largest absolute Gasteiger partial charge is 0.350 e. The minimum Gasteiger partial charge on any atom is -0.350 e. The number of rotatable bonds is 12. The van der Waals surface area contributed by atoms with E-state index in [2.05, 4.69) is 66.5 Å². The van der Waals surface area contributed by atoms with E-state index in [1.807, 2.05) is 58.7 Å². The van der Waals surface area contributed by atoms with Crippen molar-refractivity contribution in [3.8, 4) is 5.69 Å². The van der Waals surface area contributed by atoms with Gasteiger partial charge in [-0.3, -0.25) is 4.79 Å². The Hall–Kier alpha value is -4.61. The summed E-state index contributed by atoms with van der Waals surface area (Å²) < 4.78 is 3.75. The maximum atomic E-state index is 12.7. The van der Waals surface area contributed by atoms with Crippen LogP contribution in [0, 0.1) is 0 Å². The Morgan fingerprint density at radius 3 is 2.62 bits per heavy atom. The number of ketones is 1. The number of allylic oxidation sites excluding steroid dienone is 1. The van der Waals surface area contributed by atoms with Gasteiger partial charge < -0.3 is 20.9 Å². The maximum absolute atomic E-state index is 12.7. The third-order valence-corrected chi connectivity index (χ3v) is 8.88. The number of nitrogens with zero attached hydrogens (tertiary/aromatic N) is 8. The van der Waals surface area contributed by atoms with Gasteiger partial charge in [0.05, 0.1) is 17.4 Å². The molecule has 1 fully saturated rings. The van der Waals surface area contributed by atoms with E-state index in [1.165, 1.54) is 0 Å². The predicted octanol–water partition coefficient (Wildman–Crippen LogP) is 5.31. The highest BCUT2D eigenvalue weighted by Crippen LogP contribution is 2.29. The standard InChI is InChI=1S/C36H46N10O/c1-24(2)31-22-39-46-34(31)40-36(44-18-15-28(37)16-19-44)41-35(46)38-21-26-10-6-7-14-32(26)45-23-27-11-8-13-30(33(27)42-45)25(3)20-29(47)12-9-17-43(4)5/h6-14,22-25,28H,15-21,37H2,1-5H3,(H,38,40,41)/b12-9+/t25-/m1/s1. The zero-order valence-electron chi connectivity index (χ0n) is 28.1. The van der Waals surface area contributed by atoms with Crippen molar-refractivity contribution in [3.63, 3.8) is 0 Å². The van der Waals surface area contributed by atoms with Gasteiger partial charge in [-0.15, -0.1) is 0 Å². The summed E-state index contributed by atoms with van der Waals surface area (Å²) in [4.78, 5) is 26.9. The minimum absolute atomic E-state index is 0.0327. The lowest BCUT2D eigenvalue weighted by Gasteiger charge is -2.30. The first kappa shape index (κ1) is 32.3. The van der Waals surface area contributed by atoms with Crippen LogP contribution in [0.15, 0.2) is 67.0 Å². The SMILES string of the molecule is CC(C)c1cnn2c(NCc3ccccc3-n3cc4cccc([C@H](C)CC(=O)/C=C/CN(C)C)c4n3)nc(N3CCC(N)CC3)nc12. The van der Waals surface area contributed by atoms with Gasteiger partial charge in [-0.05, 0) is 62.0 Å². The third kappa shape index (κ3) is 7.21. The number of hydrogen-bond acceptors (Lipinski definition) is 9. The lowest BCUT2D eigenvalue weighted by Crippen LogP contribution is -2.40. The Bertz CT molecular complexity index is 1880. The molecule has 0 saturated carbocycles. The third-order valence-electron chi connectivity index (χ3n) is 8.88. The van der Waals surface area contributed by atoms with Gasteiger partial charge in [0.1, 0.15) is 0 Å². The second-order valence-electron chi connectivity index (χ2n) is 13.2. The van der Waals surface area contributed by atoms with Gasteiger partial charge in [-0.2, -0.15) is 24.7 Å². The zero-order valence-corrected chi connectivity index (χ0v) is 28.1. The number of carbonyl (C=O) groups is 1. The fraction of sp³-hybridized carbons (Fsp3) is 0.417. The normalized spacial score (nSPS) is 15.1. The van der Waals surface area contributed by atoms with Gasteiger partial charge in [-0.25, -0.2) is 4.68 Å². The number of carbonyl (C=O) groups excluding carboxylic acids is 1. The molecule has 1 aliphatic heterocycles. The molecule has 5 aromatic rings. The molecule has 0 unspecified atom stereocenters. The van der Waals surface area contributed by atoms with Crippen molar-refractivity contribution in [2.45, 2.75) is 64.5 Å². The number of fused-ring (bicyclic) bond motifs is 2. The van der Waals surface area contributed by atoms with Crippen LogP contribution >= 0.6 is 0 Å². The van der Waals surface area contributed by atoms with Gasteiger partial charge in [0.15, 0.2) is 11.4 Å². The topological polar surface area (TPSA) is 122 Å². The molecule has 11 heteroatoms. The van der Waals surface area contributed by atoms with Gasteiger partial charge in [0.25, 0.3) is 0 Å². The summed E-state index contributed by atoms with van der Waals surface area (Å²) in [6, 6.07) is 14.7. The highest BCUT2D eigenvalue weighted by Gasteiger charge is 2.22. The van der Waals surface area contributed by atoms with Crippen molar-refractivity contribution in [1.29, 1.82) is 0 Å². The zero-order chi connectivity index (χ0) is 33.1. The summed E-state index contributed by atoms with van der Waals surface area (Å²) in [5.74, 6) is 1.78. The first-order valence-electron chi connectivity index (χ1n) is 16.6. The Balaban J connectivity index is 1.27. The first-order valence-corrected chi connectivity index (χ1v) is 16.6. The van der Waals surface area contributed by atoms with Crippen LogP contribution < -0.4 is 16.0 Å². The van der Waals surface area contributed by atoms with Crippen LogP contribution in [0.3, 0.4) is 0 Å². The van der Waals surface area contributed by atoms with E-state index in [9.17, 15) is 4.79 Å². The van der Waals surface area contributed by atoms with Crippen LogP contribution in [0.5, 0.6) is 0 Å². The van der Waals surface area contributed by atoms with Crippen LogP contribution in [0.25, 0.3) is 22.2 Å². The molecular weight excluding hydrogens is 588 g/mol. The van der Waals surface area contributed by atoms with Gasteiger partial charge >= 0.3 is 0 Å². The number of benzene rings is 2. The molecule has 0 amide bonds.